The molecular formula is C74H69F6N4OPt-3. The number of para-hydroxylation sites is 3. The smallest absolute Gasteiger partial charge is 0.136 e. The second-order valence-corrected chi connectivity index (χ2v) is 27.5. The molecule has 0 aliphatic carbocycles. The van der Waals surface area contributed by atoms with Gasteiger partial charge >= 0.3 is 0 Å². The van der Waals surface area contributed by atoms with E-state index in [4.69, 9.17) is 9.72 Å². The van der Waals surface area contributed by atoms with Crippen LogP contribution in [0.5, 0.6) is 11.5 Å². The molecule has 8 aromatic carbocycles. The molecule has 0 spiro atoms. The van der Waals surface area contributed by atoms with Crippen molar-refractivity contribution in [1.29, 1.82) is 0 Å². The predicted molar refractivity (Wildman–Crippen MR) is 334 cm³/mol. The van der Waals surface area contributed by atoms with Crippen molar-refractivity contribution in [2.45, 2.75) is 131 Å². The fraction of sp³-hybridized carbons (Fsp3) is 0.270. The van der Waals surface area contributed by atoms with E-state index in [1.54, 1.807) is 35.8 Å². The van der Waals surface area contributed by atoms with Crippen LogP contribution >= 0.6 is 0 Å². The van der Waals surface area contributed by atoms with E-state index < -0.39 is 51.4 Å². The quantitative estimate of drug-likeness (QED) is 0.112. The summed E-state index contributed by atoms with van der Waals surface area (Å²) in [5.74, 6) is -5.82. The number of rotatable bonds is 8. The van der Waals surface area contributed by atoms with Gasteiger partial charge in [0.25, 0.3) is 0 Å². The molecule has 0 atom stereocenters. The Bertz CT molecular complexity index is 4160. The first kappa shape index (κ1) is 61.5. The van der Waals surface area contributed by atoms with Gasteiger partial charge in [0.1, 0.15) is 40.7 Å². The van der Waals surface area contributed by atoms with Crippen molar-refractivity contribution >= 4 is 44.6 Å². The summed E-state index contributed by atoms with van der Waals surface area (Å²) < 4.78 is 105. The third-order valence-electron chi connectivity index (χ3n) is 16.0. The van der Waals surface area contributed by atoms with Crippen molar-refractivity contribution in [3.8, 4) is 50.7 Å². The molecule has 446 valence electrons. The number of pyridine rings is 1. The third kappa shape index (κ3) is 11.4. The van der Waals surface area contributed by atoms with Gasteiger partial charge in [-0.1, -0.05) is 152 Å². The second kappa shape index (κ2) is 22.0. The number of fused-ring (bicyclic) bond motifs is 4. The monoisotopic (exact) mass is 1340 g/mol. The maximum Gasteiger partial charge on any atom is 0.136 e. The minimum atomic E-state index is -1.24. The largest absolute Gasteiger partial charge is 0.509 e. The number of halogens is 6. The minimum absolute atomic E-state index is 0. The van der Waals surface area contributed by atoms with Crippen LogP contribution in [0.1, 0.15) is 132 Å². The van der Waals surface area contributed by atoms with Crippen molar-refractivity contribution in [2.75, 3.05) is 9.80 Å². The van der Waals surface area contributed by atoms with Gasteiger partial charge in [0.15, 0.2) is 0 Å². The van der Waals surface area contributed by atoms with Crippen molar-refractivity contribution < 1.29 is 52.1 Å². The molecule has 0 bridgehead atoms. The molecule has 12 heteroatoms. The van der Waals surface area contributed by atoms with Gasteiger partial charge in [0, 0.05) is 96.7 Å². The van der Waals surface area contributed by atoms with E-state index in [1.165, 1.54) is 5.56 Å². The van der Waals surface area contributed by atoms with Gasteiger partial charge in [-0.05, 0) is 108 Å². The number of aromatic nitrogens is 2. The van der Waals surface area contributed by atoms with Crippen molar-refractivity contribution in [3.63, 3.8) is 0 Å². The Balaban J connectivity index is 0.00000820. The first-order valence-corrected chi connectivity index (χ1v) is 28.6. The van der Waals surface area contributed by atoms with E-state index >= 15 is 17.6 Å². The van der Waals surface area contributed by atoms with Gasteiger partial charge in [-0.2, -0.15) is 6.07 Å². The van der Waals surface area contributed by atoms with Gasteiger partial charge in [0.05, 0.1) is 11.1 Å². The van der Waals surface area contributed by atoms with Crippen molar-refractivity contribution in [2.24, 2.45) is 0 Å². The average Bonchev–Trinajstić information content (AvgIpc) is 1.73. The maximum absolute atomic E-state index is 16.6. The number of hydrogen-bond acceptors (Lipinski definition) is 4. The molecule has 86 heavy (non-hydrogen) atoms. The maximum atomic E-state index is 16.6. The Morgan fingerprint density at radius 1 is 0.453 bits per heavy atom. The molecule has 1 aliphatic heterocycles. The molecule has 3 heterocycles. The molecular weight excluding hydrogens is 1270 g/mol. The van der Waals surface area contributed by atoms with Crippen LogP contribution < -0.4 is 14.5 Å². The normalized spacial score (nSPS) is 13.2. The van der Waals surface area contributed by atoms with Crippen LogP contribution in [0.3, 0.4) is 0 Å². The fourth-order valence-corrected chi connectivity index (χ4v) is 11.5. The summed E-state index contributed by atoms with van der Waals surface area (Å²) >= 11 is 0. The number of ether oxygens (including phenoxy) is 1. The Kier molecular flexibility index (Phi) is 15.7. The van der Waals surface area contributed by atoms with Crippen LogP contribution in [0.15, 0.2) is 140 Å². The van der Waals surface area contributed by atoms with E-state index in [-0.39, 0.29) is 59.5 Å². The number of benzene rings is 8. The fourth-order valence-electron chi connectivity index (χ4n) is 11.5. The molecule has 0 N–H and O–H groups in total. The number of hydrogen-bond donors (Lipinski definition) is 0. The Hall–Kier alpha value is -7.62. The third-order valence-corrected chi connectivity index (χ3v) is 16.0. The molecule has 5 nitrogen and oxygen atoms in total. The SMILES string of the molecule is CC(C)(C)c1ccnc(-n2c3[c-]c(Oc4[c-]c(N5[CH-]N(c6c(-c7c(F)cc(F)cc7F)cc(C(C)(C)C)cc6-c6c(F)cc(F)cc6F)c6ccccc65)cc(-c5c(C(C)(C)C)cc(C(C)(C)C)cc5C(C)(C)C)c4)ccc3c3ccccc32)c1.[Pt]. The van der Waals surface area contributed by atoms with Gasteiger partial charge in [-0.25, -0.2) is 31.3 Å². The van der Waals surface area contributed by atoms with E-state index in [1.807, 2.05) is 86.5 Å². The Morgan fingerprint density at radius 3 is 1.48 bits per heavy atom. The topological polar surface area (TPSA) is 33.5 Å². The summed E-state index contributed by atoms with van der Waals surface area (Å²) in [5, 5.41) is 1.97. The summed E-state index contributed by atoms with van der Waals surface area (Å²) in [6.07, 6.45) is 1.83. The molecule has 0 saturated heterocycles. The van der Waals surface area contributed by atoms with Crippen LogP contribution in [-0.4, -0.2) is 9.55 Å². The van der Waals surface area contributed by atoms with Gasteiger partial charge < -0.3 is 19.1 Å². The molecule has 2 aromatic heterocycles. The van der Waals surface area contributed by atoms with Gasteiger partial charge in [-0.15, -0.1) is 53.6 Å². The van der Waals surface area contributed by atoms with E-state index in [0.717, 1.165) is 55.4 Å². The van der Waals surface area contributed by atoms with Crippen molar-refractivity contribution in [1.82, 2.24) is 9.55 Å². The molecule has 0 radical (unpaired) electrons. The molecule has 11 rings (SSSR count). The molecule has 0 fully saturated rings. The van der Waals surface area contributed by atoms with Crippen LogP contribution in [-0.2, 0) is 48.1 Å². The first-order valence-electron chi connectivity index (χ1n) is 28.6. The zero-order valence-corrected chi connectivity index (χ0v) is 53.4. The predicted octanol–water partition coefficient (Wildman–Crippen LogP) is 21.3. The summed E-state index contributed by atoms with van der Waals surface area (Å²) in [6, 6.07) is 44.8. The second-order valence-electron chi connectivity index (χ2n) is 27.5. The summed E-state index contributed by atoms with van der Waals surface area (Å²) in [7, 11) is 0. The molecule has 0 amide bonds. The molecule has 1 aliphatic rings. The Morgan fingerprint density at radius 2 is 0.953 bits per heavy atom. The van der Waals surface area contributed by atoms with Gasteiger partial charge in [0.2, 0.25) is 0 Å². The van der Waals surface area contributed by atoms with E-state index in [9.17, 15) is 8.78 Å². The number of anilines is 4. The van der Waals surface area contributed by atoms with Crippen LogP contribution in [0.4, 0.5) is 49.1 Å². The summed E-state index contributed by atoms with van der Waals surface area (Å²) in [6.45, 7) is 33.6. The zero-order valence-electron chi connectivity index (χ0n) is 51.1. The van der Waals surface area contributed by atoms with Crippen molar-refractivity contribution in [3.05, 3.63) is 221 Å². The first-order chi connectivity index (χ1) is 39.8. The van der Waals surface area contributed by atoms with Gasteiger partial charge in [-0.3, -0.25) is 0 Å². The standard InChI is InChI=1S/C74H69F6N4O.Pt/c1-70(2,3)43-26-27-81-65(34-43)84-61-21-17-16-20-51(61)52-25-24-49(40-64(52)84)85-50-29-42(66-55(73(10,11)12)32-45(72(7,8)9)33-56(66)74(13,14)15)28-48(39-50)82-41-83(63-23-19-18-22-62(63)82)69-53(67-57(77)35-46(75)36-58(67)78)30-44(71(4,5)6)31-54(69)68-59(79)37-47(76)38-60(68)80;/h16-38,41H,1-15H3;/q-3;. The van der Waals surface area contributed by atoms with E-state index in [0.29, 0.717) is 58.4 Å². The minimum Gasteiger partial charge on any atom is -0.509 e. The van der Waals surface area contributed by atoms with Crippen LogP contribution in [0, 0.1) is 53.7 Å². The zero-order chi connectivity index (χ0) is 61.2. The Labute approximate surface area is 516 Å². The summed E-state index contributed by atoms with van der Waals surface area (Å²) in [4.78, 5) is 8.36. The average molecular weight is 1340 g/mol. The molecule has 0 unspecified atom stereocenters. The van der Waals surface area contributed by atoms with Crippen LogP contribution in [0.2, 0.25) is 0 Å². The number of nitrogens with zero attached hydrogens (tertiary/aromatic N) is 4. The summed E-state index contributed by atoms with van der Waals surface area (Å²) in [5.41, 5.74) is 6.39. The molecule has 10 aromatic rings. The molecule has 0 saturated carbocycles. The van der Waals surface area contributed by atoms with Crippen LogP contribution in [0.25, 0.3) is 61.0 Å². The van der Waals surface area contributed by atoms with E-state index in [2.05, 4.69) is 130 Å².